The van der Waals surface area contributed by atoms with E-state index in [2.05, 4.69) is 15.9 Å². The number of methoxy groups -OCH3 is 1. The summed E-state index contributed by atoms with van der Waals surface area (Å²) in [5.41, 5.74) is 0.857. The first-order chi connectivity index (χ1) is 9.43. The van der Waals surface area contributed by atoms with Gasteiger partial charge in [0.2, 0.25) is 11.9 Å². The van der Waals surface area contributed by atoms with Crippen LogP contribution in [0.5, 0.6) is 5.75 Å². The Balaban J connectivity index is 2.05. The van der Waals surface area contributed by atoms with E-state index < -0.39 is 12.0 Å². The number of rotatable bonds is 5. The largest absolute Gasteiger partial charge is 0.496 e. The molecule has 6 nitrogen and oxygen atoms in total. The topological polar surface area (TPSA) is 72.7 Å². The van der Waals surface area contributed by atoms with Crippen molar-refractivity contribution in [1.82, 2.24) is 4.90 Å². The number of hydrogen-bond donors (Lipinski definition) is 0. The van der Waals surface area contributed by atoms with Gasteiger partial charge in [-0.2, -0.15) is 0 Å². The van der Waals surface area contributed by atoms with E-state index in [4.69, 9.17) is 4.74 Å². The van der Waals surface area contributed by atoms with Crippen LogP contribution in [0.4, 0.5) is 0 Å². The summed E-state index contributed by atoms with van der Waals surface area (Å²) in [6.07, 6.45) is 0.339. The molecule has 0 radical (unpaired) electrons. The average Bonchev–Trinajstić information content (AvgIpc) is 3.18. The van der Waals surface area contributed by atoms with E-state index in [1.165, 1.54) is 4.90 Å². The summed E-state index contributed by atoms with van der Waals surface area (Å²) in [6, 6.07) is 4.83. The molecule has 7 heteroatoms. The lowest BCUT2D eigenvalue weighted by Crippen LogP contribution is -2.29. The molecule has 0 unspecified atom stereocenters. The van der Waals surface area contributed by atoms with E-state index in [1.807, 2.05) is 18.2 Å². The Kier molecular flexibility index (Phi) is 4.27. The number of carbonyl (C=O) groups is 1. The Morgan fingerprint density at radius 1 is 1.60 bits per heavy atom. The van der Waals surface area contributed by atoms with Gasteiger partial charge in [-0.3, -0.25) is 14.9 Å². The van der Waals surface area contributed by atoms with E-state index in [9.17, 15) is 14.9 Å². The van der Waals surface area contributed by atoms with Crippen molar-refractivity contribution in [2.45, 2.75) is 19.0 Å². The molecule has 1 fully saturated rings. The molecular weight excluding hydrogens is 328 g/mol. The van der Waals surface area contributed by atoms with Crippen LogP contribution in [-0.2, 0) is 11.3 Å². The van der Waals surface area contributed by atoms with Gasteiger partial charge in [-0.1, -0.05) is 15.9 Å². The van der Waals surface area contributed by atoms with Crippen molar-refractivity contribution in [3.8, 4) is 5.75 Å². The lowest BCUT2D eigenvalue weighted by molar-refractivity contribution is -0.497. The number of nitrogens with zero attached hydrogens (tertiary/aromatic N) is 2. The van der Waals surface area contributed by atoms with Gasteiger partial charge in [-0.15, -0.1) is 0 Å². The summed E-state index contributed by atoms with van der Waals surface area (Å²) in [5, 5.41) is 10.6. The van der Waals surface area contributed by atoms with Crippen molar-refractivity contribution in [3.05, 3.63) is 38.3 Å². The Labute approximate surface area is 125 Å². The minimum atomic E-state index is -0.714. The van der Waals surface area contributed by atoms with Crippen LogP contribution in [0, 0.1) is 16.0 Å². The second kappa shape index (κ2) is 5.78. The van der Waals surface area contributed by atoms with Crippen molar-refractivity contribution in [2.24, 2.45) is 5.92 Å². The van der Waals surface area contributed by atoms with E-state index in [1.54, 1.807) is 14.2 Å². The van der Waals surface area contributed by atoms with E-state index >= 15 is 0 Å². The summed E-state index contributed by atoms with van der Waals surface area (Å²) in [4.78, 5) is 23.8. The normalized spacial score (nSPS) is 20.4. The van der Waals surface area contributed by atoms with Crippen LogP contribution >= 0.6 is 15.9 Å². The zero-order valence-electron chi connectivity index (χ0n) is 11.2. The van der Waals surface area contributed by atoms with Crippen LogP contribution in [0.25, 0.3) is 0 Å². The number of amides is 1. The lowest BCUT2D eigenvalue weighted by atomic mass is 10.2. The molecule has 0 heterocycles. The van der Waals surface area contributed by atoms with Crippen molar-refractivity contribution >= 4 is 21.8 Å². The molecule has 2 atom stereocenters. The first-order valence-corrected chi connectivity index (χ1v) is 6.94. The third-order valence-electron chi connectivity index (χ3n) is 3.37. The fraction of sp³-hybridized carbons (Fsp3) is 0.462. The first-order valence-electron chi connectivity index (χ1n) is 6.15. The van der Waals surface area contributed by atoms with Crippen molar-refractivity contribution in [2.75, 3.05) is 14.2 Å². The first kappa shape index (κ1) is 14.8. The fourth-order valence-electron chi connectivity index (χ4n) is 2.17. The molecule has 0 aliphatic heterocycles. The second-order valence-electron chi connectivity index (χ2n) is 4.85. The van der Waals surface area contributed by atoms with Crippen LogP contribution in [0.3, 0.4) is 0 Å². The molecule has 1 aromatic carbocycles. The molecule has 0 spiro atoms. The number of halogens is 1. The van der Waals surface area contributed by atoms with Gasteiger partial charge < -0.3 is 9.64 Å². The van der Waals surface area contributed by atoms with Gasteiger partial charge in [0.15, 0.2) is 0 Å². The summed E-state index contributed by atoms with van der Waals surface area (Å²) < 4.78 is 6.14. The Bertz CT molecular complexity index is 549. The molecule has 0 aromatic heterocycles. The Morgan fingerprint density at radius 2 is 2.30 bits per heavy atom. The average molecular weight is 343 g/mol. The summed E-state index contributed by atoms with van der Waals surface area (Å²) in [7, 11) is 3.22. The molecule has 0 N–H and O–H groups in total. The predicted octanol–water partition coefficient (Wildman–Crippen LogP) is 2.08. The molecule has 1 aliphatic carbocycles. The van der Waals surface area contributed by atoms with Crippen LogP contribution in [0.15, 0.2) is 22.7 Å². The molecule has 108 valence electrons. The Hall–Kier alpha value is -1.63. The molecule has 1 saturated carbocycles. The molecule has 0 bridgehead atoms. The van der Waals surface area contributed by atoms with Gasteiger partial charge in [0, 0.05) is 35.0 Å². The minimum absolute atomic E-state index is 0.186. The number of ether oxygens (including phenoxy) is 1. The summed E-state index contributed by atoms with van der Waals surface area (Å²) in [6.45, 7) is 0.363. The van der Waals surface area contributed by atoms with Gasteiger partial charge in [0.05, 0.1) is 7.11 Å². The zero-order valence-corrected chi connectivity index (χ0v) is 12.8. The fourth-order valence-corrected chi connectivity index (χ4v) is 2.58. The quantitative estimate of drug-likeness (QED) is 0.606. The van der Waals surface area contributed by atoms with E-state index in [0.717, 1.165) is 10.0 Å². The van der Waals surface area contributed by atoms with E-state index in [0.29, 0.717) is 18.7 Å². The van der Waals surface area contributed by atoms with Crippen LogP contribution in [-0.4, -0.2) is 35.9 Å². The third kappa shape index (κ3) is 3.09. The maximum atomic E-state index is 12.1. The predicted molar refractivity (Wildman–Crippen MR) is 76.1 cm³/mol. The molecule has 1 aliphatic rings. The molecular formula is C13H15BrN2O4. The zero-order chi connectivity index (χ0) is 14.9. The highest BCUT2D eigenvalue weighted by atomic mass is 79.9. The molecule has 0 saturated heterocycles. The minimum Gasteiger partial charge on any atom is -0.496 e. The number of nitro groups is 1. The standard InChI is InChI=1S/C13H15BrN2O4/c1-15(13(17)10-6-11(10)16(18)19)7-8-5-9(14)3-4-12(8)20-2/h3-5,10-11H,6-7H2,1-2H3/t10-,11+/m0/s1. The molecule has 20 heavy (non-hydrogen) atoms. The van der Waals surface area contributed by atoms with E-state index in [-0.39, 0.29) is 10.8 Å². The summed E-state index contributed by atoms with van der Waals surface area (Å²) in [5.74, 6) is 0.0244. The monoisotopic (exact) mass is 342 g/mol. The number of hydrogen-bond acceptors (Lipinski definition) is 4. The van der Waals surface area contributed by atoms with Gasteiger partial charge in [-0.05, 0) is 18.2 Å². The van der Waals surface area contributed by atoms with Crippen LogP contribution in [0.1, 0.15) is 12.0 Å². The van der Waals surface area contributed by atoms with Crippen molar-refractivity contribution in [3.63, 3.8) is 0 Å². The maximum absolute atomic E-state index is 12.1. The lowest BCUT2D eigenvalue weighted by Gasteiger charge is -2.18. The van der Waals surface area contributed by atoms with Gasteiger partial charge >= 0.3 is 0 Å². The SMILES string of the molecule is COc1ccc(Br)cc1CN(C)C(=O)[C@H]1C[C@H]1[N+](=O)[O-]. The number of benzene rings is 1. The molecule has 1 aromatic rings. The highest BCUT2D eigenvalue weighted by molar-refractivity contribution is 9.10. The maximum Gasteiger partial charge on any atom is 0.232 e. The highest BCUT2D eigenvalue weighted by Crippen LogP contribution is 2.35. The van der Waals surface area contributed by atoms with Crippen LogP contribution < -0.4 is 4.74 Å². The smallest absolute Gasteiger partial charge is 0.232 e. The molecule has 1 amide bonds. The van der Waals surface area contributed by atoms with Crippen molar-refractivity contribution in [1.29, 1.82) is 0 Å². The third-order valence-corrected chi connectivity index (χ3v) is 3.86. The second-order valence-corrected chi connectivity index (χ2v) is 5.76. The summed E-state index contributed by atoms with van der Waals surface area (Å²) >= 11 is 3.37. The van der Waals surface area contributed by atoms with Gasteiger partial charge in [0.1, 0.15) is 11.7 Å². The highest BCUT2D eigenvalue weighted by Gasteiger charge is 2.54. The Morgan fingerprint density at radius 3 is 2.85 bits per heavy atom. The van der Waals surface area contributed by atoms with Crippen molar-refractivity contribution < 1.29 is 14.5 Å². The van der Waals surface area contributed by atoms with Crippen LogP contribution in [0.2, 0.25) is 0 Å². The van der Waals surface area contributed by atoms with Gasteiger partial charge in [-0.25, -0.2) is 0 Å². The molecule has 2 rings (SSSR count). The van der Waals surface area contributed by atoms with Gasteiger partial charge in [0.25, 0.3) is 0 Å². The number of carbonyl (C=O) groups excluding carboxylic acids is 1.